The van der Waals surface area contributed by atoms with Gasteiger partial charge in [0.15, 0.2) is 0 Å². The lowest BCUT2D eigenvalue weighted by molar-refractivity contribution is 1.40. The molecule has 0 N–H and O–H groups in total. The van der Waals surface area contributed by atoms with E-state index >= 15 is 0 Å². The van der Waals surface area contributed by atoms with Crippen LogP contribution in [0.15, 0.2) is 15.0 Å². The summed E-state index contributed by atoms with van der Waals surface area (Å²) < 4.78 is 1.88. The van der Waals surface area contributed by atoms with Crippen molar-refractivity contribution in [3.05, 3.63) is 31.7 Å². The van der Waals surface area contributed by atoms with Crippen LogP contribution < -0.4 is 0 Å². The molecule has 1 aromatic rings. The van der Waals surface area contributed by atoms with E-state index in [-0.39, 0.29) is 0 Å². The maximum atomic E-state index is 5.80. The van der Waals surface area contributed by atoms with Crippen molar-refractivity contribution in [3.8, 4) is 0 Å². The average Bonchev–Trinajstić information content (AvgIpc) is 1.93. The summed E-state index contributed by atoms with van der Waals surface area (Å²) >= 11 is 12.5. The molecule has 0 bridgehead atoms. The SMILES string of the molecule is Cc1c(Cl)c[c]c(Br)c1Br. The minimum absolute atomic E-state index is 0.732. The minimum Gasteiger partial charge on any atom is -0.0840 e. The van der Waals surface area contributed by atoms with Gasteiger partial charge in [0.2, 0.25) is 0 Å². The molecule has 1 aromatic carbocycles. The van der Waals surface area contributed by atoms with Crippen LogP contribution in [-0.2, 0) is 0 Å². The lowest BCUT2D eigenvalue weighted by Gasteiger charge is -2.01. The van der Waals surface area contributed by atoms with Gasteiger partial charge in [-0.3, -0.25) is 0 Å². The zero-order valence-electron chi connectivity index (χ0n) is 5.21. The quantitative estimate of drug-likeness (QED) is 0.632. The van der Waals surface area contributed by atoms with Gasteiger partial charge in [0.05, 0.1) is 0 Å². The Bertz CT molecular complexity index is 231. The first-order valence-corrected chi connectivity index (χ1v) is 4.61. The third-order valence-electron chi connectivity index (χ3n) is 1.21. The highest BCUT2D eigenvalue weighted by Gasteiger charge is 2.02. The first kappa shape index (κ1) is 8.57. The second kappa shape index (κ2) is 3.24. The highest BCUT2D eigenvalue weighted by Crippen LogP contribution is 2.30. The fourth-order valence-corrected chi connectivity index (χ4v) is 1.57. The number of rotatable bonds is 0. The van der Waals surface area contributed by atoms with Crippen molar-refractivity contribution in [2.75, 3.05) is 0 Å². The highest BCUT2D eigenvalue weighted by atomic mass is 79.9. The average molecular weight is 283 g/mol. The van der Waals surface area contributed by atoms with E-state index in [2.05, 4.69) is 37.9 Å². The molecule has 0 heterocycles. The second-order valence-corrected chi connectivity index (χ2v) is 3.88. The minimum atomic E-state index is 0.732. The van der Waals surface area contributed by atoms with Crippen molar-refractivity contribution in [1.29, 1.82) is 0 Å². The van der Waals surface area contributed by atoms with Crippen LogP contribution in [0.1, 0.15) is 5.56 Å². The van der Waals surface area contributed by atoms with Gasteiger partial charge in [-0.2, -0.15) is 0 Å². The maximum Gasteiger partial charge on any atom is 0.0453 e. The molecule has 0 atom stereocenters. The molecule has 0 saturated heterocycles. The van der Waals surface area contributed by atoms with E-state index in [9.17, 15) is 0 Å². The molecule has 0 amide bonds. The molecule has 0 aliphatic rings. The molecule has 3 heteroatoms. The maximum absolute atomic E-state index is 5.80. The Labute approximate surface area is 81.8 Å². The molecule has 0 nitrogen and oxygen atoms in total. The van der Waals surface area contributed by atoms with E-state index in [1.807, 2.05) is 6.92 Å². The number of hydrogen-bond acceptors (Lipinski definition) is 0. The van der Waals surface area contributed by atoms with E-state index in [0.717, 1.165) is 19.5 Å². The van der Waals surface area contributed by atoms with Crippen LogP contribution in [0.2, 0.25) is 5.02 Å². The molecule has 0 aliphatic heterocycles. The molecular weight excluding hydrogens is 279 g/mol. The van der Waals surface area contributed by atoms with Crippen LogP contribution in [0.4, 0.5) is 0 Å². The number of hydrogen-bond donors (Lipinski definition) is 0. The van der Waals surface area contributed by atoms with Crippen molar-refractivity contribution in [3.63, 3.8) is 0 Å². The van der Waals surface area contributed by atoms with Crippen molar-refractivity contribution < 1.29 is 0 Å². The molecule has 1 radical (unpaired) electrons. The van der Waals surface area contributed by atoms with E-state index in [0.29, 0.717) is 0 Å². The van der Waals surface area contributed by atoms with Gasteiger partial charge in [-0.25, -0.2) is 0 Å². The molecule has 0 unspecified atom stereocenters. The Kier molecular flexibility index (Phi) is 2.78. The Morgan fingerprint density at radius 1 is 1.50 bits per heavy atom. The third kappa shape index (κ3) is 1.55. The van der Waals surface area contributed by atoms with E-state index < -0.39 is 0 Å². The van der Waals surface area contributed by atoms with Gasteiger partial charge in [-0.1, -0.05) is 11.6 Å². The summed E-state index contributed by atoms with van der Waals surface area (Å²) in [6, 6.07) is 4.69. The van der Waals surface area contributed by atoms with Gasteiger partial charge < -0.3 is 0 Å². The van der Waals surface area contributed by atoms with Crippen molar-refractivity contribution in [2.24, 2.45) is 0 Å². The molecule has 0 aromatic heterocycles. The van der Waals surface area contributed by atoms with E-state index in [1.54, 1.807) is 6.07 Å². The Hall–Kier alpha value is 0.470. The first-order valence-electron chi connectivity index (χ1n) is 2.64. The number of benzene rings is 1. The highest BCUT2D eigenvalue weighted by molar-refractivity contribution is 9.13. The van der Waals surface area contributed by atoms with Crippen LogP contribution in [0.5, 0.6) is 0 Å². The summed E-state index contributed by atoms with van der Waals surface area (Å²) in [7, 11) is 0. The second-order valence-electron chi connectivity index (χ2n) is 1.89. The lowest BCUT2D eigenvalue weighted by atomic mass is 10.2. The molecule has 10 heavy (non-hydrogen) atoms. The summed E-state index contributed by atoms with van der Waals surface area (Å²) in [5.41, 5.74) is 1.03. The predicted molar refractivity (Wildman–Crippen MR) is 50.4 cm³/mol. The molecule has 0 spiro atoms. The van der Waals surface area contributed by atoms with Crippen LogP contribution in [0.3, 0.4) is 0 Å². The van der Waals surface area contributed by atoms with E-state index in [1.165, 1.54) is 0 Å². The van der Waals surface area contributed by atoms with Gasteiger partial charge in [0.1, 0.15) is 0 Å². The van der Waals surface area contributed by atoms with Gasteiger partial charge in [0.25, 0.3) is 0 Å². The Morgan fingerprint density at radius 3 is 2.60 bits per heavy atom. The molecule has 0 aliphatic carbocycles. The molecule has 0 saturated carbocycles. The molecular formula is C7H4Br2Cl. The normalized spacial score (nSPS) is 10.0. The number of halogens is 3. The van der Waals surface area contributed by atoms with Gasteiger partial charge in [0, 0.05) is 14.0 Å². The zero-order valence-corrected chi connectivity index (χ0v) is 9.14. The molecule has 1 rings (SSSR count). The zero-order chi connectivity index (χ0) is 7.72. The summed E-state index contributed by atoms with van der Waals surface area (Å²) in [6.07, 6.45) is 0. The van der Waals surface area contributed by atoms with Crippen molar-refractivity contribution in [1.82, 2.24) is 0 Å². The topological polar surface area (TPSA) is 0 Å². The van der Waals surface area contributed by atoms with Crippen LogP contribution in [-0.4, -0.2) is 0 Å². The van der Waals surface area contributed by atoms with Crippen molar-refractivity contribution in [2.45, 2.75) is 6.92 Å². The summed E-state index contributed by atoms with van der Waals surface area (Å²) in [6.45, 7) is 1.95. The Balaban J connectivity index is 3.34. The van der Waals surface area contributed by atoms with Crippen LogP contribution >= 0.6 is 43.5 Å². The smallest absolute Gasteiger partial charge is 0.0453 e. The standard InChI is InChI=1S/C7H4Br2Cl/c1-4-6(10)3-2-5(8)7(4)9/h3H,1H3. The Morgan fingerprint density at radius 2 is 2.10 bits per heavy atom. The van der Waals surface area contributed by atoms with Crippen LogP contribution in [0.25, 0.3) is 0 Å². The van der Waals surface area contributed by atoms with E-state index in [4.69, 9.17) is 11.6 Å². The largest absolute Gasteiger partial charge is 0.0840 e. The van der Waals surface area contributed by atoms with Crippen LogP contribution in [0, 0.1) is 13.0 Å². The summed E-state index contributed by atoms with van der Waals surface area (Å²) in [5, 5.41) is 0.732. The predicted octanol–water partition coefficient (Wildman–Crippen LogP) is 3.97. The monoisotopic (exact) mass is 281 g/mol. The van der Waals surface area contributed by atoms with Gasteiger partial charge in [-0.05, 0) is 56.5 Å². The summed E-state index contributed by atoms with van der Waals surface area (Å²) in [4.78, 5) is 0. The fourth-order valence-electron chi connectivity index (χ4n) is 0.568. The first-order chi connectivity index (χ1) is 4.63. The molecule has 53 valence electrons. The van der Waals surface area contributed by atoms with Crippen molar-refractivity contribution >= 4 is 43.5 Å². The van der Waals surface area contributed by atoms with Gasteiger partial charge >= 0.3 is 0 Å². The summed E-state index contributed by atoms with van der Waals surface area (Å²) in [5.74, 6) is 0. The molecule has 0 fully saturated rings. The lowest BCUT2D eigenvalue weighted by Crippen LogP contribution is -1.78. The fraction of sp³-hybridized carbons (Fsp3) is 0.143. The van der Waals surface area contributed by atoms with Gasteiger partial charge in [-0.15, -0.1) is 0 Å². The third-order valence-corrected chi connectivity index (χ3v) is 3.75.